The molecule has 0 spiro atoms. The Bertz CT molecular complexity index is 878. The summed E-state index contributed by atoms with van der Waals surface area (Å²) >= 11 is 13.7. The van der Waals surface area contributed by atoms with Crippen LogP contribution < -0.4 is 4.90 Å². The number of aliphatic hydroxyl groups excluding tert-OH is 2. The summed E-state index contributed by atoms with van der Waals surface area (Å²) in [4.78, 5) is 1.76. The van der Waals surface area contributed by atoms with Crippen molar-refractivity contribution < 1.29 is 10.2 Å². The summed E-state index contributed by atoms with van der Waals surface area (Å²) < 4.78 is 0. The van der Waals surface area contributed by atoms with Crippen molar-refractivity contribution in [2.45, 2.75) is 24.1 Å². The fraction of sp³-hybridized carbons (Fsp3) is 0.333. The Balaban J connectivity index is 2.18. The molecule has 136 valence electrons. The zero-order valence-electron chi connectivity index (χ0n) is 14.0. The Morgan fingerprint density at radius 3 is 2.77 bits per heavy atom. The van der Waals surface area contributed by atoms with Gasteiger partial charge in [-0.2, -0.15) is 17.0 Å². The lowest BCUT2D eigenvalue weighted by Crippen LogP contribution is -2.54. The number of hydrogen-bond acceptors (Lipinski definition) is 5. The van der Waals surface area contributed by atoms with E-state index < -0.39 is 5.54 Å². The summed E-state index contributed by atoms with van der Waals surface area (Å²) in [5.74, 6) is 0.721. The maximum atomic E-state index is 10.2. The van der Waals surface area contributed by atoms with Crippen LogP contribution in [0, 0.1) is 16.7 Å². The molecule has 2 unspecified atom stereocenters. The van der Waals surface area contributed by atoms with Gasteiger partial charge in [0.05, 0.1) is 28.0 Å². The highest BCUT2D eigenvalue weighted by molar-refractivity contribution is 8.00. The molecule has 2 atom stereocenters. The summed E-state index contributed by atoms with van der Waals surface area (Å²) in [6.45, 7) is 1.96. The molecule has 1 aromatic carbocycles. The van der Waals surface area contributed by atoms with Crippen LogP contribution in [0.2, 0.25) is 10.0 Å². The van der Waals surface area contributed by atoms with Gasteiger partial charge in [-0.15, -0.1) is 0 Å². The molecule has 1 heterocycles. The van der Waals surface area contributed by atoms with Gasteiger partial charge in [0, 0.05) is 28.7 Å². The molecule has 5 nitrogen and oxygen atoms in total. The predicted molar refractivity (Wildman–Crippen MR) is 106 cm³/mol. The third kappa shape index (κ3) is 2.89. The molecule has 26 heavy (non-hydrogen) atoms. The number of nitrogens with one attached hydrogen (secondary N) is 1. The number of fused-ring (bicyclic) bond motifs is 1. The van der Waals surface area contributed by atoms with E-state index in [2.05, 4.69) is 6.07 Å². The fourth-order valence-electron chi connectivity index (χ4n) is 3.55. The van der Waals surface area contributed by atoms with Crippen molar-refractivity contribution in [2.75, 3.05) is 17.3 Å². The lowest BCUT2D eigenvalue weighted by atomic mass is 9.81. The van der Waals surface area contributed by atoms with Crippen LogP contribution in [0.1, 0.15) is 13.3 Å². The molecular formula is C18H17Cl2N3O2S. The second kappa shape index (κ2) is 7.16. The topological polar surface area (TPSA) is 91.3 Å². The molecule has 1 aliphatic carbocycles. The average Bonchev–Trinajstić information content (AvgIpc) is 2.82. The Kier molecular flexibility index (Phi) is 5.27. The quantitative estimate of drug-likeness (QED) is 0.688. The molecule has 1 aliphatic heterocycles. The van der Waals surface area contributed by atoms with Crippen molar-refractivity contribution in [1.82, 2.24) is 0 Å². The number of hydrogen-bond donors (Lipinski definition) is 3. The fourth-order valence-corrected chi connectivity index (χ4v) is 5.07. The van der Waals surface area contributed by atoms with Gasteiger partial charge in [-0.1, -0.05) is 23.2 Å². The van der Waals surface area contributed by atoms with E-state index in [1.165, 1.54) is 11.8 Å². The van der Waals surface area contributed by atoms with Crippen molar-refractivity contribution in [3.63, 3.8) is 0 Å². The number of allylic oxidation sites excluding steroid dienone is 1. The Labute approximate surface area is 166 Å². The summed E-state index contributed by atoms with van der Waals surface area (Å²) in [7, 11) is 0. The molecule has 8 heteroatoms. The maximum absolute atomic E-state index is 10.2. The first kappa shape index (κ1) is 19.1. The van der Waals surface area contributed by atoms with Crippen LogP contribution in [0.5, 0.6) is 0 Å². The summed E-state index contributed by atoms with van der Waals surface area (Å²) in [5.41, 5.74) is 0.750. The van der Waals surface area contributed by atoms with Gasteiger partial charge < -0.3 is 15.1 Å². The number of rotatable bonds is 4. The molecule has 0 fully saturated rings. The van der Waals surface area contributed by atoms with Crippen LogP contribution in [-0.4, -0.2) is 39.2 Å². The Hall–Kier alpha value is -1.65. The first-order chi connectivity index (χ1) is 12.3. The van der Waals surface area contributed by atoms with Crippen molar-refractivity contribution in [3.8, 4) is 6.07 Å². The van der Waals surface area contributed by atoms with E-state index in [4.69, 9.17) is 28.6 Å². The largest absolute Gasteiger partial charge is 0.512 e. The zero-order valence-corrected chi connectivity index (χ0v) is 16.3. The van der Waals surface area contributed by atoms with Crippen LogP contribution in [-0.2, 0) is 0 Å². The van der Waals surface area contributed by atoms with E-state index in [0.717, 1.165) is 0 Å². The lowest BCUT2D eigenvalue weighted by molar-refractivity contribution is 0.321. The molecule has 1 aromatic rings. The van der Waals surface area contributed by atoms with Crippen LogP contribution >= 0.6 is 35.0 Å². The van der Waals surface area contributed by atoms with Crippen LogP contribution in [0.15, 0.2) is 41.2 Å². The first-order valence-electron chi connectivity index (χ1n) is 7.95. The highest BCUT2D eigenvalue weighted by atomic mass is 35.5. The van der Waals surface area contributed by atoms with Gasteiger partial charge in [0.1, 0.15) is 17.5 Å². The lowest BCUT2D eigenvalue weighted by Gasteiger charge is -2.45. The van der Waals surface area contributed by atoms with Gasteiger partial charge >= 0.3 is 0 Å². The summed E-state index contributed by atoms with van der Waals surface area (Å²) in [6.07, 6.45) is 1.97. The van der Waals surface area contributed by atoms with E-state index >= 15 is 0 Å². The molecule has 0 amide bonds. The van der Waals surface area contributed by atoms with Crippen LogP contribution in [0.4, 0.5) is 5.69 Å². The molecule has 2 aliphatic rings. The molecular weight excluding hydrogens is 393 g/mol. The average molecular weight is 410 g/mol. The highest BCUT2D eigenvalue weighted by Gasteiger charge is 2.53. The maximum Gasteiger partial charge on any atom is 0.144 e. The SMILES string of the molecule is CC12C(=C(C#N)C(=N)N1c1ccc(Cl)c(Cl)c1)C=C(O)CC2SCCO. The molecule has 0 saturated heterocycles. The van der Waals surface area contributed by atoms with Crippen molar-refractivity contribution >= 4 is 46.5 Å². The molecule has 3 rings (SSSR count). The number of amidine groups is 1. The number of thioether (sulfide) groups is 1. The number of aliphatic hydroxyl groups is 2. The van der Waals surface area contributed by atoms with Gasteiger partial charge in [0.25, 0.3) is 0 Å². The second-order valence-electron chi connectivity index (χ2n) is 6.25. The first-order valence-corrected chi connectivity index (χ1v) is 9.76. The summed E-state index contributed by atoms with van der Waals surface area (Å²) in [6, 6.07) is 7.20. The minimum atomic E-state index is -0.731. The van der Waals surface area contributed by atoms with Crippen molar-refractivity contribution in [1.29, 1.82) is 10.7 Å². The molecule has 0 saturated carbocycles. The summed E-state index contributed by atoms with van der Waals surface area (Å²) in [5, 5.41) is 38.2. The van der Waals surface area contributed by atoms with Gasteiger partial charge in [-0.25, -0.2) is 0 Å². The third-order valence-corrected chi connectivity index (χ3v) is 6.94. The van der Waals surface area contributed by atoms with Gasteiger partial charge in [0.2, 0.25) is 0 Å². The van der Waals surface area contributed by atoms with Crippen molar-refractivity contribution in [3.05, 3.63) is 51.2 Å². The van der Waals surface area contributed by atoms with Gasteiger partial charge in [-0.3, -0.25) is 5.41 Å². The standard InChI is InChI=1S/C18H17Cl2N3O2S/c1-18-13(7-11(25)8-16(18)26-5-4-24)12(9-21)17(22)23(18)10-2-3-14(19)15(20)6-10/h2-3,6-7,16,22,24-25H,4-5,8H2,1H3. The van der Waals surface area contributed by atoms with Gasteiger partial charge in [-0.05, 0) is 31.2 Å². The van der Waals surface area contributed by atoms with Crippen LogP contribution in [0.3, 0.4) is 0 Å². The van der Waals surface area contributed by atoms with E-state index in [0.29, 0.717) is 33.5 Å². The number of halogens is 2. The van der Waals surface area contributed by atoms with Crippen molar-refractivity contribution in [2.24, 2.45) is 0 Å². The van der Waals surface area contributed by atoms with E-state index in [-0.39, 0.29) is 29.0 Å². The number of anilines is 1. The van der Waals surface area contributed by atoms with E-state index in [1.54, 1.807) is 29.2 Å². The highest BCUT2D eigenvalue weighted by Crippen LogP contribution is 2.50. The monoisotopic (exact) mass is 409 g/mol. The smallest absolute Gasteiger partial charge is 0.144 e. The zero-order chi connectivity index (χ0) is 19.1. The second-order valence-corrected chi connectivity index (χ2v) is 8.38. The molecule has 3 N–H and O–H groups in total. The van der Waals surface area contributed by atoms with Gasteiger partial charge in [0.15, 0.2) is 0 Å². The Morgan fingerprint density at radius 2 is 2.15 bits per heavy atom. The number of benzene rings is 1. The van der Waals surface area contributed by atoms with E-state index in [9.17, 15) is 15.5 Å². The predicted octanol–water partition coefficient (Wildman–Crippen LogP) is 4.31. The molecule has 0 bridgehead atoms. The number of nitrogens with zero attached hydrogens (tertiary/aromatic N) is 2. The minimum Gasteiger partial charge on any atom is -0.512 e. The number of nitriles is 1. The normalized spacial score (nSPS) is 25.2. The third-order valence-electron chi connectivity index (χ3n) is 4.76. The molecule has 0 aromatic heterocycles. The minimum absolute atomic E-state index is 0.0100. The van der Waals surface area contributed by atoms with Crippen LogP contribution in [0.25, 0.3) is 0 Å². The Morgan fingerprint density at radius 1 is 1.42 bits per heavy atom. The van der Waals surface area contributed by atoms with E-state index in [1.807, 2.05) is 6.92 Å². The molecule has 0 radical (unpaired) electrons.